The average Bonchev–Trinajstić information content (AvgIpc) is 2.48. The van der Waals surface area contributed by atoms with Gasteiger partial charge in [-0.3, -0.25) is 14.8 Å². The highest BCUT2D eigenvalue weighted by atomic mass is 32.2. The number of carboxylic acids is 1. The minimum Gasteiger partial charge on any atom is -0.480 e. The molecular weight excluding hydrogens is 292 g/mol. The number of hydrogen-bond acceptors (Lipinski definition) is 6. The quantitative estimate of drug-likeness (QED) is 0.321. The predicted octanol–water partition coefficient (Wildman–Crippen LogP) is -1.67. The van der Waals surface area contributed by atoms with E-state index in [1.807, 2.05) is 0 Å². The van der Waals surface area contributed by atoms with Crippen LogP contribution in [0.1, 0.15) is 20.3 Å². The van der Waals surface area contributed by atoms with E-state index in [4.69, 9.17) is 10.3 Å². The normalized spacial score (nSPS) is 33.2. The van der Waals surface area contributed by atoms with Crippen LogP contribution >= 0.6 is 0 Å². The number of aliphatic carboxylic acids is 1. The number of nitrogens with one attached hydrogen (secondary N) is 1. The van der Waals surface area contributed by atoms with Crippen LogP contribution in [0.15, 0.2) is 0 Å². The highest BCUT2D eigenvalue weighted by molar-refractivity contribution is 7.93. The lowest BCUT2D eigenvalue weighted by atomic mass is 9.89. The monoisotopic (exact) mass is 306 g/mol. The van der Waals surface area contributed by atoms with E-state index in [-0.39, 0.29) is 0 Å². The van der Waals surface area contributed by atoms with Gasteiger partial charge in [0.05, 0.1) is 10.7 Å². The third-order valence-corrected chi connectivity index (χ3v) is 6.82. The summed E-state index contributed by atoms with van der Waals surface area (Å²) in [6, 6.07) is -1.47. The molecular formula is C10H14N2O7S. The molecule has 0 radical (unpaired) electrons. The molecule has 0 bridgehead atoms. The summed E-state index contributed by atoms with van der Waals surface area (Å²) < 4.78 is 23.1. The van der Waals surface area contributed by atoms with E-state index in [0.29, 0.717) is 0 Å². The van der Waals surface area contributed by atoms with Crippen molar-refractivity contribution in [3.05, 3.63) is 0 Å². The second-order valence-electron chi connectivity index (χ2n) is 5.37. The molecule has 2 heterocycles. The highest BCUT2D eigenvalue weighted by Crippen LogP contribution is 2.49. The standard InChI is InChI=1S/C10H14N2O7S/c1-10(2)6(9(15)16)12-7(14)4(3-5(13)11-17)8(12)20(10,18)19/h4,6,8,17H,3H2,1-2H3,(H,11,13)(H,15,16)/t4-,6+,8-/m1/s1. The van der Waals surface area contributed by atoms with E-state index in [1.54, 1.807) is 0 Å². The lowest BCUT2D eigenvalue weighted by Crippen LogP contribution is -2.64. The van der Waals surface area contributed by atoms with Crippen LogP contribution in [0.2, 0.25) is 0 Å². The van der Waals surface area contributed by atoms with E-state index in [0.717, 1.165) is 4.90 Å². The number of carbonyl (C=O) groups excluding carboxylic acids is 2. The Hall–Kier alpha value is -1.68. The summed E-state index contributed by atoms with van der Waals surface area (Å²) in [7, 11) is -3.93. The molecule has 0 spiro atoms. The molecule has 0 aliphatic carbocycles. The summed E-state index contributed by atoms with van der Waals surface area (Å²) in [6.45, 7) is 2.49. The highest BCUT2D eigenvalue weighted by Gasteiger charge is 2.72. The molecule has 0 aromatic carbocycles. The number of nitrogens with zero attached hydrogens (tertiary/aromatic N) is 1. The average molecular weight is 306 g/mol. The van der Waals surface area contributed by atoms with Crippen molar-refractivity contribution in [2.75, 3.05) is 0 Å². The van der Waals surface area contributed by atoms with E-state index in [1.165, 1.54) is 19.3 Å². The largest absolute Gasteiger partial charge is 0.480 e. The maximum Gasteiger partial charge on any atom is 0.328 e. The number of rotatable bonds is 3. The van der Waals surface area contributed by atoms with E-state index in [9.17, 15) is 22.8 Å². The zero-order chi connectivity index (χ0) is 15.5. The Morgan fingerprint density at radius 1 is 1.40 bits per heavy atom. The third kappa shape index (κ3) is 1.57. The van der Waals surface area contributed by atoms with Crippen molar-refractivity contribution in [2.24, 2.45) is 5.92 Å². The van der Waals surface area contributed by atoms with Crippen LogP contribution in [0.5, 0.6) is 0 Å². The Labute approximate surface area is 114 Å². The molecule has 2 amide bonds. The van der Waals surface area contributed by atoms with Gasteiger partial charge in [0.2, 0.25) is 11.8 Å². The van der Waals surface area contributed by atoms with Gasteiger partial charge in [0.1, 0.15) is 11.4 Å². The molecule has 112 valence electrons. The van der Waals surface area contributed by atoms with Gasteiger partial charge in [0, 0.05) is 6.42 Å². The molecule has 0 unspecified atom stereocenters. The Kier molecular flexibility index (Phi) is 3.06. The molecule has 2 saturated heterocycles. The molecule has 0 saturated carbocycles. The number of amides is 2. The van der Waals surface area contributed by atoms with Gasteiger partial charge in [-0.2, -0.15) is 0 Å². The summed E-state index contributed by atoms with van der Waals surface area (Å²) in [6.07, 6.45) is -0.502. The molecule has 2 aliphatic rings. The first kappa shape index (κ1) is 14.7. The molecule has 0 aromatic heterocycles. The molecule has 10 heteroatoms. The summed E-state index contributed by atoms with van der Waals surface area (Å²) >= 11 is 0. The number of carboxylic acid groups (broad SMARTS) is 1. The fourth-order valence-corrected chi connectivity index (χ4v) is 5.16. The fraction of sp³-hybridized carbons (Fsp3) is 0.700. The van der Waals surface area contributed by atoms with Crippen molar-refractivity contribution in [3.63, 3.8) is 0 Å². The first-order valence-corrected chi connectivity index (χ1v) is 7.33. The summed E-state index contributed by atoms with van der Waals surface area (Å²) in [5, 5.41) is 16.3. The molecule has 0 aromatic rings. The van der Waals surface area contributed by atoms with Crippen LogP contribution in [0.25, 0.3) is 0 Å². The second kappa shape index (κ2) is 4.16. The Morgan fingerprint density at radius 2 is 1.95 bits per heavy atom. The zero-order valence-corrected chi connectivity index (χ0v) is 11.5. The van der Waals surface area contributed by atoms with Crippen LogP contribution in [-0.4, -0.2) is 57.6 Å². The maximum atomic E-state index is 12.4. The van der Waals surface area contributed by atoms with Crippen LogP contribution < -0.4 is 5.48 Å². The van der Waals surface area contributed by atoms with Crippen LogP contribution in [0.3, 0.4) is 0 Å². The van der Waals surface area contributed by atoms with Gasteiger partial charge < -0.3 is 10.0 Å². The fourth-order valence-electron chi connectivity index (χ4n) is 2.84. The number of hydroxylamine groups is 1. The number of fused-ring (bicyclic) bond motifs is 1. The predicted molar refractivity (Wildman–Crippen MR) is 63.1 cm³/mol. The smallest absolute Gasteiger partial charge is 0.328 e. The Balaban J connectivity index is 2.42. The minimum absolute atomic E-state index is 0.502. The Bertz CT molecular complexity index is 597. The van der Waals surface area contributed by atoms with Gasteiger partial charge in [-0.1, -0.05) is 0 Å². The molecule has 20 heavy (non-hydrogen) atoms. The van der Waals surface area contributed by atoms with E-state index < -0.39 is 56.1 Å². The number of sulfone groups is 1. The molecule has 9 nitrogen and oxygen atoms in total. The topological polar surface area (TPSA) is 141 Å². The summed E-state index contributed by atoms with van der Waals surface area (Å²) in [5.41, 5.74) is 1.33. The SMILES string of the molecule is CC1(C)[C@H](C(=O)O)N2C(=O)[C@@H](CC(=O)NO)[C@H]2S1(=O)=O. The lowest BCUT2D eigenvalue weighted by molar-refractivity contribution is -0.165. The molecule has 2 fully saturated rings. The number of carbonyl (C=O) groups is 3. The minimum atomic E-state index is -3.93. The van der Waals surface area contributed by atoms with Gasteiger partial charge in [0.15, 0.2) is 9.84 Å². The molecule has 3 atom stereocenters. The lowest BCUT2D eigenvalue weighted by Gasteiger charge is -2.42. The molecule has 2 aliphatic heterocycles. The van der Waals surface area contributed by atoms with Crippen LogP contribution in [-0.2, 0) is 24.2 Å². The van der Waals surface area contributed by atoms with Gasteiger partial charge in [-0.15, -0.1) is 0 Å². The zero-order valence-electron chi connectivity index (χ0n) is 10.7. The van der Waals surface area contributed by atoms with Crippen molar-refractivity contribution < 1.29 is 33.1 Å². The van der Waals surface area contributed by atoms with E-state index in [2.05, 4.69) is 0 Å². The van der Waals surface area contributed by atoms with Gasteiger partial charge in [0.25, 0.3) is 0 Å². The van der Waals surface area contributed by atoms with Crippen molar-refractivity contribution >= 4 is 27.6 Å². The van der Waals surface area contributed by atoms with Gasteiger partial charge in [-0.25, -0.2) is 18.7 Å². The first-order chi connectivity index (χ1) is 9.07. The maximum absolute atomic E-state index is 12.4. The van der Waals surface area contributed by atoms with Crippen LogP contribution in [0.4, 0.5) is 0 Å². The molecule has 2 rings (SSSR count). The van der Waals surface area contributed by atoms with Gasteiger partial charge in [-0.05, 0) is 13.8 Å². The molecule has 3 N–H and O–H groups in total. The number of hydrogen-bond donors (Lipinski definition) is 3. The first-order valence-electron chi connectivity index (χ1n) is 5.78. The summed E-state index contributed by atoms with van der Waals surface area (Å²) in [4.78, 5) is 35.1. The number of β-lactam (4-membered cyclic amide) rings is 1. The third-order valence-electron chi connectivity index (χ3n) is 3.94. The van der Waals surface area contributed by atoms with Crippen molar-refractivity contribution in [1.82, 2.24) is 10.4 Å². The Morgan fingerprint density at radius 3 is 2.40 bits per heavy atom. The van der Waals surface area contributed by atoms with Gasteiger partial charge >= 0.3 is 5.97 Å². The second-order valence-corrected chi connectivity index (χ2v) is 8.00. The van der Waals surface area contributed by atoms with Crippen molar-refractivity contribution in [1.29, 1.82) is 0 Å². The van der Waals surface area contributed by atoms with E-state index >= 15 is 0 Å². The summed E-state index contributed by atoms with van der Waals surface area (Å²) in [5.74, 6) is -4.16. The van der Waals surface area contributed by atoms with Crippen molar-refractivity contribution in [2.45, 2.75) is 36.4 Å². The van der Waals surface area contributed by atoms with Crippen molar-refractivity contribution in [3.8, 4) is 0 Å². The van der Waals surface area contributed by atoms with Crippen LogP contribution in [0, 0.1) is 5.92 Å².